The Hall–Kier alpha value is -3.89. The summed E-state index contributed by atoms with van der Waals surface area (Å²) in [6.07, 6.45) is 5.87. The second-order valence-corrected chi connectivity index (χ2v) is 8.52. The third kappa shape index (κ3) is 5.03. The van der Waals surface area contributed by atoms with Crippen LogP contribution in [0.5, 0.6) is 0 Å². The topological polar surface area (TPSA) is 144 Å². The molecule has 10 nitrogen and oxygen atoms in total. The molecule has 1 unspecified atom stereocenters. The van der Waals surface area contributed by atoms with E-state index in [-0.39, 0.29) is 35.4 Å². The van der Waals surface area contributed by atoms with Crippen molar-refractivity contribution in [3.05, 3.63) is 58.9 Å². The maximum atomic E-state index is 13.5. The number of nitrogens with one attached hydrogen (secondary N) is 2. The van der Waals surface area contributed by atoms with Gasteiger partial charge in [-0.25, -0.2) is 9.37 Å². The van der Waals surface area contributed by atoms with Gasteiger partial charge in [0.25, 0.3) is 17.6 Å². The first-order chi connectivity index (χ1) is 16.3. The molecule has 0 radical (unpaired) electrons. The average Bonchev–Trinajstić information content (AvgIpc) is 3.31. The smallest absolute Gasteiger partial charge is 0.270 e. The lowest BCUT2D eigenvalue weighted by molar-refractivity contribution is -0.121. The normalized spacial score (nSPS) is 15.1. The first kappa shape index (κ1) is 23.3. The first-order valence-electron chi connectivity index (χ1n) is 11.2. The van der Waals surface area contributed by atoms with Crippen molar-refractivity contribution < 1.29 is 18.8 Å². The van der Waals surface area contributed by atoms with Crippen LogP contribution in [0.25, 0.3) is 5.78 Å². The standard InChI is InChI=1S/C23H26FN7O3/c1-13-9-14(7-8-16(13)24)11-26-21(33)17-10-18(31-23(29-17)27-12-28-31)22(34)30-19(20(25)32)15-5-3-2-4-6-15/h7-10,12,15,19H,2-6,11H2,1H3,(H2,25,32)(H,26,33)(H,30,34). The van der Waals surface area contributed by atoms with Crippen LogP contribution in [0.4, 0.5) is 4.39 Å². The highest BCUT2D eigenvalue weighted by Crippen LogP contribution is 2.26. The van der Waals surface area contributed by atoms with Crippen molar-refractivity contribution >= 4 is 23.5 Å². The summed E-state index contributed by atoms with van der Waals surface area (Å²) < 4.78 is 14.7. The van der Waals surface area contributed by atoms with E-state index in [1.54, 1.807) is 19.1 Å². The zero-order valence-electron chi connectivity index (χ0n) is 18.8. The lowest BCUT2D eigenvalue weighted by Crippen LogP contribution is -2.50. The number of halogens is 1. The Morgan fingerprint density at radius 2 is 1.94 bits per heavy atom. The Morgan fingerprint density at radius 1 is 1.18 bits per heavy atom. The lowest BCUT2D eigenvalue weighted by Gasteiger charge is -2.28. The minimum absolute atomic E-state index is 0.00679. The maximum absolute atomic E-state index is 13.5. The van der Waals surface area contributed by atoms with Crippen molar-refractivity contribution in [2.45, 2.75) is 51.6 Å². The number of hydrogen-bond acceptors (Lipinski definition) is 6. The minimum atomic E-state index is -0.821. The summed E-state index contributed by atoms with van der Waals surface area (Å²) in [5, 5.41) is 9.45. The van der Waals surface area contributed by atoms with Crippen LogP contribution in [0, 0.1) is 18.7 Å². The molecule has 34 heavy (non-hydrogen) atoms. The molecule has 1 fully saturated rings. The highest BCUT2D eigenvalue weighted by atomic mass is 19.1. The molecule has 3 amide bonds. The first-order valence-corrected chi connectivity index (χ1v) is 11.2. The van der Waals surface area contributed by atoms with Crippen molar-refractivity contribution in [1.82, 2.24) is 30.2 Å². The number of carbonyl (C=O) groups excluding carboxylic acids is 3. The molecule has 0 aliphatic heterocycles. The maximum Gasteiger partial charge on any atom is 0.270 e. The van der Waals surface area contributed by atoms with Gasteiger partial charge in [0.2, 0.25) is 5.91 Å². The molecule has 2 aromatic heterocycles. The Balaban J connectivity index is 1.55. The Morgan fingerprint density at radius 3 is 2.65 bits per heavy atom. The molecule has 11 heteroatoms. The van der Waals surface area contributed by atoms with E-state index in [1.165, 1.54) is 23.0 Å². The van der Waals surface area contributed by atoms with Gasteiger partial charge >= 0.3 is 0 Å². The van der Waals surface area contributed by atoms with Crippen molar-refractivity contribution in [3.63, 3.8) is 0 Å². The molecule has 0 bridgehead atoms. The van der Waals surface area contributed by atoms with E-state index >= 15 is 0 Å². The number of rotatable bonds is 7. The number of benzene rings is 1. The molecule has 1 aliphatic rings. The molecular weight excluding hydrogens is 441 g/mol. The largest absolute Gasteiger partial charge is 0.368 e. The van der Waals surface area contributed by atoms with Crippen molar-refractivity contribution in [2.24, 2.45) is 11.7 Å². The van der Waals surface area contributed by atoms with E-state index < -0.39 is 23.8 Å². The van der Waals surface area contributed by atoms with Crippen LogP contribution in [0.1, 0.15) is 64.2 Å². The van der Waals surface area contributed by atoms with Gasteiger partial charge in [-0.3, -0.25) is 14.4 Å². The molecular formula is C23H26FN7O3. The second kappa shape index (κ2) is 9.94. The summed E-state index contributed by atoms with van der Waals surface area (Å²) in [7, 11) is 0. The number of nitrogens with two attached hydrogens (primary N) is 1. The van der Waals surface area contributed by atoms with Gasteiger partial charge in [0, 0.05) is 12.6 Å². The number of fused-ring (bicyclic) bond motifs is 1. The predicted octanol–water partition coefficient (Wildman–Crippen LogP) is 1.67. The zero-order valence-corrected chi connectivity index (χ0v) is 18.8. The molecule has 0 saturated heterocycles. The summed E-state index contributed by atoms with van der Waals surface area (Å²) in [5.41, 5.74) is 6.74. The van der Waals surface area contributed by atoms with Gasteiger partial charge < -0.3 is 16.4 Å². The lowest BCUT2D eigenvalue weighted by atomic mass is 9.83. The van der Waals surface area contributed by atoms with Crippen LogP contribution in [0.2, 0.25) is 0 Å². The van der Waals surface area contributed by atoms with Crippen molar-refractivity contribution in [1.29, 1.82) is 0 Å². The summed E-state index contributed by atoms with van der Waals surface area (Å²) in [5.74, 6) is -2.05. The van der Waals surface area contributed by atoms with Crippen LogP contribution in [-0.2, 0) is 11.3 Å². The number of primary amides is 1. The van der Waals surface area contributed by atoms with Crippen LogP contribution in [0.15, 0.2) is 30.6 Å². The molecule has 4 rings (SSSR count). The SMILES string of the molecule is Cc1cc(CNC(=O)c2cc(C(=O)NC(C(N)=O)C3CCCCC3)n3ncnc3n2)ccc1F. The second-order valence-electron chi connectivity index (χ2n) is 8.52. The van der Waals surface area contributed by atoms with E-state index in [1.807, 2.05) is 0 Å². The van der Waals surface area contributed by atoms with E-state index in [0.29, 0.717) is 11.1 Å². The summed E-state index contributed by atoms with van der Waals surface area (Å²) in [6, 6.07) is 5.02. The number of hydrogen-bond donors (Lipinski definition) is 3. The molecule has 0 spiro atoms. The third-order valence-corrected chi connectivity index (χ3v) is 6.11. The highest BCUT2D eigenvalue weighted by Gasteiger charge is 2.30. The van der Waals surface area contributed by atoms with E-state index in [0.717, 1.165) is 32.1 Å². The Kier molecular flexibility index (Phi) is 6.80. The molecule has 4 N–H and O–H groups in total. The van der Waals surface area contributed by atoms with E-state index in [9.17, 15) is 18.8 Å². The predicted molar refractivity (Wildman–Crippen MR) is 120 cm³/mol. The van der Waals surface area contributed by atoms with E-state index in [2.05, 4.69) is 25.7 Å². The van der Waals surface area contributed by atoms with Gasteiger partial charge in [-0.05, 0) is 42.9 Å². The van der Waals surface area contributed by atoms with Crippen LogP contribution in [0.3, 0.4) is 0 Å². The zero-order chi connectivity index (χ0) is 24.2. The molecule has 1 aliphatic carbocycles. The van der Waals surface area contributed by atoms with Gasteiger partial charge in [-0.1, -0.05) is 31.4 Å². The van der Waals surface area contributed by atoms with Gasteiger partial charge in [0.1, 0.15) is 29.6 Å². The highest BCUT2D eigenvalue weighted by molar-refractivity contribution is 5.99. The summed E-state index contributed by atoms with van der Waals surface area (Å²) in [6.45, 7) is 1.78. The van der Waals surface area contributed by atoms with Gasteiger partial charge in [-0.15, -0.1) is 0 Å². The van der Waals surface area contributed by atoms with Gasteiger partial charge in [-0.2, -0.15) is 14.6 Å². The molecule has 1 aromatic carbocycles. The summed E-state index contributed by atoms with van der Waals surface area (Å²) in [4.78, 5) is 46.2. The molecule has 3 aromatic rings. The number of carbonyl (C=O) groups is 3. The van der Waals surface area contributed by atoms with E-state index in [4.69, 9.17) is 5.73 Å². The van der Waals surface area contributed by atoms with Crippen LogP contribution in [-0.4, -0.2) is 43.3 Å². The fourth-order valence-corrected chi connectivity index (χ4v) is 4.28. The van der Waals surface area contributed by atoms with Crippen LogP contribution >= 0.6 is 0 Å². The monoisotopic (exact) mass is 467 g/mol. The number of nitrogens with zero attached hydrogens (tertiary/aromatic N) is 4. The number of aromatic nitrogens is 4. The molecule has 1 atom stereocenters. The fraction of sp³-hybridized carbons (Fsp3) is 0.391. The Bertz CT molecular complexity index is 1240. The average molecular weight is 468 g/mol. The minimum Gasteiger partial charge on any atom is -0.368 e. The quantitative estimate of drug-likeness (QED) is 0.482. The Labute approximate surface area is 195 Å². The third-order valence-electron chi connectivity index (χ3n) is 6.11. The number of aryl methyl sites for hydroxylation is 1. The van der Waals surface area contributed by atoms with Gasteiger partial charge in [0.05, 0.1) is 0 Å². The van der Waals surface area contributed by atoms with Crippen molar-refractivity contribution in [3.8, 4) is 0 Å². The van der Waals surface area contributed by atoms with Crippen LogP contribution < -0.4 is 16.4 Å². The van der Waals surface area contributed by atoms with Crippen molar-refractivity contribution in [2.75, 3.05) is 0 Å². The molecule has 178 valence electrons. The molecule has 2 heterocycles. The van der Waals surface area contributed by atoms with Gasteiger partial charge in [0.15, 0.2) is 0 Å². The summed E-state index contributed by atoms with van der Waals surface area (Å²) >= 11 is 0. The molecule has 1 saturated carbocycles. The fourth-order valence-electron chi connectivity index (χ4n) is 4.28. The number of amides is 3.